The Morgan fingerprint density at radius 1 is 1.46 bits per heavy atom. The monoisotopic (exact) mass is 284 g/mol. The van der Waals surface area contributed by atoms with Crippen molar-refractivity contribution in [3.8, 4) is 0 Å². The summed E-state index contributed by atoms with van der Waals surface area (Å²) >= 11 is 2.35. The summed E-state index contributed by atoms with van der Waals surface area (Å²) in [6, 6.07) is 3.95. The van der Waals surface area contributed by atoms with Crippen molar-refractivity contribution in [3.63, 3.8) is 0 Å². The first-order chi connectivity index (χ1) is 6.17. The Labute approximate surface area is 90.9 Å². The Balaban J connectivity index is 2.53. The van der Waals surface area contributed by atoms with Gasteiger partial charge in [0.15, 0.2) is 5.82 Å². The van der Waals surface area contributed by atoms with Crippen LogP contribution in [0.4, 0.5) is 5.82 Å². The second kappa shape index (κ2) is 3.21. The first-order valence-electron chi connectivity index (χ1n) is 4.06. The number of rotatable bonds is 0. The summed E-state index contributed by atoms with van der Waals surface area (Å²) in [5.74, 6) is 0.805. The lowest BCUT2D eigenvalue weighted by Crippen LogP contribution is -2.11. The predicted octanol–water partition coefficient (Wildman–Crippen LogP) is 3.00. The summed E-state index contributed by atoms with van der Waals surface area (Å²) in [6.07, 6.45) is 7.88. The van der Waals surface area contributed by atoms with Crippen LogP contribution in [0, 0.1) is 0 Å². The molecule has 1 aromatic heterocycles. The maximum absolute atomic E-state index is 4.33. The molecular formula is C10H9IN2. The van der Waals surface area contributed by atoms with Crippen LogP contribution >= 0.6 is 22.6 Å². The minimum absolute atomic E-state index is 0.00153. The zero-order valence-electron chi connectivity index (χ0n) is 7.24. The van der Waals surface area contributed by atoms with Crippen molar-refractivity contribution in [1.82, 2.24) is 4.98 Å². The molecule has 0 N–H and O–H groups in total. The minimum Gasteiger partial charge on any atom is -0.239 e. The zero-order chi connectivity index (χ0) is 9.31. The molecule has 0 fully saturated rings. The smallest absolute Gasteiger partial charge is 0.158 e. The molecular weight excluding hydrogens is 275 g/mol. The molecule has 0 radical (unpaired) electrons. The van der Waals surface area contributed by atoms with Crippen LogP contribution in [0.1, 0.15) is 12.5 Å². The number of fused-ring (bicyclic) bond motifs is 1. The van der Waals surface area contributed by atoms with Crippen molar-refractivity contribution < 1.29 is 0 Å². The third-order valence-electron chi connectivity index (χ3n) is 1.84. The quantitative estimate of drug-likeness (QED) is 0.531. The highest BCUT2D eigenvalue weighted by Crippen LogP contribution is 2.26. The molecule has 1 aromatic rings. The Morgan fingerprint density at radius 2 is 2.31 bits per heavy atom. The van der Waals surface area contributed by atoms with E-state index in [2.05, 4.69) is 51.6 Å². The number of aromatic nitrogens is 1. The average Bonchev–Trinajstić information content (AvgIpc) is 2.27. The second-order valence-corrected chi connectivity index (χ2v) is 5.48. The molecule has 1 atom stereocenters. The summed E-state index contributed by atoms with van der Waals surface area (Å²) in [5.41, 5.74) is 1.08. The maximum atomic E-state index is 4.33. The molecule has 2 nitrogen and oxygen atoms in total. The molecule has 0 saturated carbocycles. The molecule has 66 valence electrons. The lowest BCUT2D eigenvalue weighted by molar-refractivity contribution is 1.15. The van der Waals surface area contributed by atoms with E-state index in [-0.39, 0.29) is 3.42 Å². The summed E-state index contributed by atoms with van der Waals surface area (Å²) < 4.78 is -0.00153. The van der Waals surface area contributed by atoms with Crippen molar-refractivity contribution in [1.29, 1.82) is 0 Å². The fourth-order valence-corrected chi connectivity index (χ4v) is 1.45. The average molecular weight is 284 g/mol. The van der Waals surface area contributed by atoms with Gasteiger partial charge in [0.05, 0.1) is 3.42 Å². The molecule has 2 heterocycles. The van der Waals surface area contributed by atoms with Gasteiger partial charge in [-0.2, -0.15) is 0 Å². The molecule has 1 aliphatic rings. The van der Waals surface area contributed by atoms with Gasteiger partial charge >= 0.3 is 0 Å². The van der Waals surface area contributed by atoms with Crippen LogP contribution in [-0.4, -0.2) is 14.6 Å². The first-order valence-corrected chi connectivity index (χ1v) is 5.14. The Bertz CT molecular complexity index is 345. The Hall–Kier alpha value is -0.710. The fourth-order valence-electron chi connectivity index (χ4n) is 1.13. The minimum atomic E-state index is -0.00153. The number of alkyl halides is 1. The fraction of sp³-hybridized carbons (Fsp3) is 0.200. The molecule has 0 aromatic carbocycles. The van der Waals surface area contributed by atoms with Gasteiger partial charge in [0, 0.05) is 18.0 Å². The van der Waals surface area contributed by atoms with Gasteiger partial charge in [-0.3, -0.25) is 0 Å². The molecule has 2 rings (SSSR count). The van der Waals surface area contributed by atoms with E-state index in [0.29, 0.717) is 0 Å². The van der Waals surface area contributed by atoms with Crippen LogP contribution in [0.3, 0.4) is 0 Å². The largest absolute Gasteiger partial charge is 0.239 e. The lowest BCUT2D eigenvalue weighted by atomic mass is 10.1. The van der Waals surface area contributed by atoms with E-state index < -0.39 is 0 Å². The molecule has 1 unspecified atom stereocenters. The number of halogens is 1. The predicted molar refractivity (Wildman–Crippen MR) is 63.8 cm³/mol. The highest BCUT2D eigenvalue weighted by atomic mass is 127. The van der Waals surface area contributed by atoms with Crippen molar-refractivity contribution in [3.05, 3.63) is 30.0 Å². The van der Waals surface area contributed by atoms with Gasteiger partial charge in [0.2, 0.25) is 0 Å². The molecule has 0 amide bonds. The second-order valence-electron chi connectivity index (χ2n) is 3.16. The first kappa shape index (κ1) is 8.87. The summed E-state index contributed by atoms with van der Waals surface area (Å²) in [5, 5.41) is 0. The van der Waals surface area contributed by atoms with E-state index in [0.717, 1.165) is 11.4 Å². The maximum Gasteiger partial charge on any atom is 0.158 e. The van der Waals surface area contributed by atoms with E-state index >= 15 is 0 Å². The summed E-state index contributed by atoms with van der Waals surface area (Å²) in [7, 11) is 0. The van der Waals surface area contributed by atoms with Crippen LogP contribution in [-0.2, 0) is 0 Å². The van der Waals surface area contributed by atoms with Gasteiger partial charge in [-0.15, -0.1) is 0 Å². The molecule has 1 aliphatic heterocycles. The van der Waals surface area contributed by atoms with Crippen LogP contribution in [0.2, 0.25) is 0 Å². The van der Waals surface area contributed by atoms with Gasteiger partial charge in [0.25, 0.3) is 0 Å². The van der Waals surface area contributed by atoms with Gasteiger partial charge < -0.3 is 0 Å². The van der Waals surface area contributed by atoms with Gasteiger partial charge in [0.1, 0.15) is 0 Å². The van der Waals surface area contributed by atoms with Crippen molar-refractivity contribution >= 4 is 40.7 Å². The number of nitrogens with zero attached hydrogens (tertiary/aromatic N) is 2. The van der Waals surface area contributed by atoms with Crippen molar-refractivity contribution in [2.45, 2.75) is 10.3 Å². The van der Waals surface area contributed by atoms with Crippen molar-refractivity contribution in [2.75, 3.05) is 0 Å². The van der Waals surface area contributed by atoms with Crippen LogP contribution in [0.25, 0.3) is 6.08 Å². The van der Waals surface area contributed by atoms with E-state index in [1.54, 1.807) is 6.20 Å². The van der Waals surface area contributed by atoms with E-state index in [9.17, 15) is 0 Å². The standard InChI is InChI=1S/C10H9IN2/c1-10(11)5-4-8-3-2-6-12-9(8)13-7-10/h2-7H,1H3. The molecule has 3 heteroatoms. The zero-order valence-corrected chi connectivity index (χ0v) is 9.39. The number of allylic oxidation sites excluding steroid dienone is 1. The topological polar surface area (TPSA) is 25.2 Å². The van der Waals surface area contributed by atoms with E-state index in [1.165, 1.54) is 0 Å². The third-order valence-corrected chi connectivity index (χ3v) is 2.48. The van der Waals surface area contributed by atoms with Gasteiger partial charge in [-0.1, -0.05) is 34.7 Å². The highest BCUT2D eigenvalue weighted by Gasteiger charge is 2.15. The number of hydrogen-bond acceptors (Lipinski definition) is 2. The van der Waals surface area contributed by atoms with Crippen LogP contribution in [0.15, 0.2) is 29.4 Å². The lowest BCUT2D eigenvalue weighted by Gasteiger charge is -2.07. The summed E-state index contributed by atoms with van der Waals surface area (Å²) in [4.78, 5) is 8.53. The number of hydrogen-bond donors (Lipinski definition) is 0. The normalized spacial score (nSPS) is 25.4. The Morgan fingerprint density at radius 3 is 3.15 bits per heavy atom. The SMILES string of the molecule is CC1(I)C=Cc2cccnc2N=C1. The van der Waals surface area contributed by atoms with E-state index in [4.69, 9.17) is 0 Å². The molecule has 0 saturated heterocycles. The van der Waals surface area contributed by atoms with Gasteiger partial charge in [-0.25, -0.2) is 9.98 Å². The third kappa shape index (κ3) is 1.96. The molecule has 0 bridgehead atoms. The molecule has 0 aliphatic carbocycles. The number of aliphatic imine (C=N–C) groups is 1. The number of pyridine rings is 1. The highest BCUT2D eigenvalue weighted by molar-refractivity contribution is 14.1. The molecule has 0 spiro atoms. The van der Waals surface area contributed by atoms with Crippen LogP contribution in [0.5, 0.6) is 0 Å². The molecule has 13 heavy (non-hydrogen) atoms. The van der Waals surface area contributed by atoms with Gasteiger partial charge in [-0.05, 0) is 19.1 Å². The Kier molecular flexibility index (Phi) is 2.19. The summed E-state index contributed by atoms with van der Waals surface area (Å²) in [6.45, 7) is 2.11. The van der Waals surface area contributed by atoms with Crippen molar-refractivity contribution in [2.24, 2.45) is 4.99 Å². The van der Waals surface area contributed by atoms with E-state index in [1.807, 2.05) is 18.3 Å². The van der Waals surface area contributed by atoms with Crippen LogP contribution < -0.4 is 0 Å².